The molecule has 0 aromatic carbocycles. The van der Waals surface area contributed by atoms with E-state index in [0.29, 0.717) is 0 Å². The highest BCUT2D eigenvalue weighted by Gasteiger charge is 2.02. The van der Waals surface area contributed by atoms with E-state index in [4.69, 9.17) is 4.74 Å². The van der Waals surface area contributed by atoms with Crippen LogP contribution in [0.5, 0.6) is 0 Å². The summed E-state index contributed by atoms with van der Waals surface area (Å²) >= 11 is 0. The number of H-pyrrole nitrogens is 1. The number of aromatic amines is 1. The molecular weight excluding hydrogens is 192 g/mol. The summed E-state index contributed by atoms with van der Waals surface area (Å²) in [5.41, 5.74) is 2.94. The van der Waals surface area contributed by atoms with Gasteiger partial charge in [0.15, 0.2) is 5.65 Å². The summed E-state index contributed by atoms with van der Waals surface area (Å²) in [5, 5.41) is 3.28. The van der Waals surface area contributed by atoms with E-state index >= 15 is 0 Å². The van der Waals surface area contributed by atoms with Crippen molar-refractivity contribution in [1.82, 2.24) is 20.3 Å². The minimum absolute atomic E-state index is 0.719. The zero-order chi connectivity index (χ0) is 10.5. The first kappa shape index (κ1) is 10.1. The summed E-state index contributed by atoms with van der Waals surface area (Å²) < 4.78 is 4.96. The van der Waals surface area contributed by atoms with Gasteiger partial charge in [-0.2, -0.15) is 0 Å². The van der Waals surface area contributed by atoms with Crippen LogP contribution in [0.3, 0.4) is 0 Å². The quantitative estimate of drug-likeness (QED) is 0.707. The molecule has 0 unspecified atom stereocenters. The molecule has 0 bridgehead atoms. The van der Waals surface area contributed by atoms with Crippen LogP contribution in [0.4, 0.5) is 0 Å². The summed E-state index contributed by atoms with van der Waals surface area (Å²) in [7, 11) is 1.70. The second-order valence-electron chi connectivity index (χ2n) is 3.24. The summed E-state index contributed by atoms with van der Waals surface area (Å²) in [6.45, 7) is 2.36. The third kappa shape index (κ3) is 2.31. The maximum Gasteiger partial charge on any atom is 0.177 e. The van der Waals surface area contributed by atoms with E-state index in [9.17, 15) is 0 Å². The van der Waals surface area contributed by atoms with Crippen LogP contribution in [0.2, 0.25) is 0 Å². The Kier molecular flexibility index (Phi) is 3.26. The molecule has 0 saturated heterocycles. The van der Waals surface area contributed by atoms with E-state index in [1.807, 2.05) is 6.07 Å². The predicted molar refractivity (Wildman–Crippen MR) is 57.5 cm³/mol. The minimum Gasteiger partial charge on any atom is -0.383 e. The molecule has 0 atom stereocenters. The van der Waals surface area contributed by atoms with Crippen molar-refractivity contribution in [3.63, 3.8) is 0 Å². The Hall–Kier alpha value is -1.46. The molecule has 2 heterocycles. The van der Waals surface area contributed by atoms with Crippen molar-refractivity contribution in [2.75, 3.05) is 20.3 Å². The second kappa shape index (κ2) is 4.86. The van der Waals surface area contributed by atoms with Gasteiger partial charge in [0.05, 0.1) is 18.5 Å². The lowest BCUT2D eigenvalue weighted by Crippen LogP contribution is -2.18. The molecular formula is C10H14N4O. The van der Waals surface area contributed by atoms with Crippen LogP contribution in [0.25, 0.3) is 11.2 Å². The molecule has 0 aliphatic carbocycles. The van der Waals surface area contributed by atoms with Gasteiger partial charge in [-0.15, -0.1) is 0 Å². The lowest BCUT2D eigenvalue weighted by molar-refractivity contribution is 0.199. The number of imidazole rings is 1. The lowest BCUT2D eigenvalue weighted by Gasteiger charge is -2.04. The molecule has 0 aliphatic heterocycles. The van der Waals surface area contributed by atoms with Gasteiger partial charge in [-0.25, -0.2) is 9.97 Å². The Morgan fingerprint density at radius 1 is 1.47 bits per heavy atom. The smallest absolute Gasteiger partial charge is 0.177 e. The van der Waals surface area contributed by atoms with Crippen molar-refractivity contribution in [2.45, 2.75) is 6.54 Å². The van der Waals surface area contributed by atoms with Gasteiger partial charge in [0.25, 0.3) is 0 Å². The van der Waals surface area contributed by atoms with Gasteiger partial charge in [0.2, 0.25) is 0 Å². The van der Waals surface area contributed by atoms with E-state index in [1.165, 1.54) is 5.56 Å². The van der Waals surface area contributed by atoms with Crippen LogP contribution >= 0.6 is 0 Å². The molecule has 5 heteroatoms. The van der Waals surface area contributed by atoms with Crippen LogP contribution < -0.4 is 5.32 Å². The lowest BCUT2D eigenvalue weighted by atomic mass is 10.2. The molecule has 80 valence electrons. The number of nitrogens with zero attached hydrogens (tertiary/aromatic N) is 2. The third-order valence-corrected chi connectivity index (χ3v) is 2.21. The molecule has 2 aromatic rings. The first-order valence-electron chi connectivity index (χ1n) is 4.88. The minimum atomic E-state index is 0.719. The normalized spacial score (nSPS) is 11.0. The van der Waals surface area contributed by atoms with E-state index in [-0.39, 0.29) is 0 Å². The first-order valence-corrected chi connectivity index (χ1v) is 4.88. The van der Waals surface area contributed by atoms with Gasteiger partial charge >= 0.3 is 0 Å². The molecule has 5 nitrogen and oxygen atoms in total. The molecule has 0 saturated carbocycles. The van der Waals surface area contributed by atoms with Gasteiger partial charge in [-0.05, 0) is 11.6 Å². The van der Waals surface area contributed by atoms with E-state index in [0.717, 1.165) is 30.9 Å². The van der Waals surface area contributed by atoms with Crippen LogP contribution in [0.1, 0.15) is 5.56 Å². The molecule has 15 heavy (non-hydrogen) atoms. The summed E-state index contributed by atoms with van der Waals surface area (Å²) in [5.74, 6) is 0. The van der Waals surface area contributed by atoms with Crippen LogP contribution in [0.15, 0.2) is 18.6 Å². The molecule has 0 amide bonds. The number of hydrogen-bond acceptors (Lipinski definition) is 4. The largest absolute Gasteiger partial charge is 0.383 e. The molecule has 2 aromatic heterocycles. The van der Waals surface area contributed by atoms with Crippen molar-refractivity contribution in [3.05, 3.63) is 24.2 Å². The topological polar surface area (TPSA) is 62.8 Å². The maximum atomic E-state index is 4.96. The van der Waals surface area contributed by atoms with Crippen LogP contribution in [0, 0.1) is 0 Å². The zero-order valence-corrected chi connectivity index (χ0v) is 8.66. The van der Waals surface area contributed by atoms with Crippen molar-refractivity contribution >= 4 is 11.2 Å². The van der Waals surface area contributed by atoms with Gasteiger partial charge < -0.3 is 15.0 Å². The maximum absolute atomic E-state index is 4.96. The number of fused-ring (bicyclic) bond motifs is 1. The molecule has 2 N–H and O–H groups in total. The van der Waals surface area contributed by atoms with Crippen molar-refractivity contribution in [1.29, 1.82) is 0 Å². The van der Waals surface area contributed by atoms with Crippen LogP contribution in [-0.2, 0) is 11.3 Å². The predicted octanol–water partition coefficient (Wildman–Crippen LogP) is 0.694. The van der Waals surface area contributed by atoms with Gasteiger partial charge in [0.1, 0.15) is 0 Å². The fourth-order valence-corrected chi connectivity index (χ4v) is 1.45. The Balaban J connectivity index is 2.04. The Morgan fingerprint density at radius 3 is 3.27 bits per heavy atom. The average Bonchev–Trinajstić information content (AvgIpc) is 2.73. The average molecular weight is 206 g/mol. The molecule has 0 spiro atoms. The first-order chi connectivity index (χ1) is 7.42. The number of methoxy groups -OCH3 is 1. The molecule has 0 aliphatic rings. The van der Waals surface area contributed by atoms with Gasteiger partial charge in [-0.1, -0.05) is 0 Å². The summed E-state index contributed by atoms with van der Waals surface area (Å²) in [6.07, 6.45) is 3.44. The number of rotatable bonds is 5. The standard InChI is InChI=1S/C10H14N4O/c1-15-5-4-11-6-8-2-3-12-10-9(8)13-7-14-10/h2-3,7,11H,4-6H2,1H3,(H,12,13,14). The van der Waals surface area contributed by atoms with Crippen molar-refractivity contribution < 1.29 is 4.74 Å². The van der Waals surface area contributed by atoms with Crippen molar-refractivity contribution in [3.8, 4) is 0 Å². The van der Waals surface area contributed by atoms with Gasteiger partial charge in [-0.3, -0.25) is 0 Å². The highest BCUT2D eigenvalue weighted by atomic mass is 16.5. The highest BCUT2D eigenvalue weighted by molar-refractivity contribution is 5.73. The Morgan fingerprint density at radius 2 is 2.40 bits per heavy atom. The number of pyridine rings is 1. The van der Waals surface area contributed by atoms with Crippen LogP contribution in [-0.4, -0.2) is 35.2 Å². The monoisotopic (exact) mass is 206 g/mol. The second-order valence-corrected chi connectivity index (χ2v) is 3.24. The highest BCUT2D eigenvalue weighted by Crippen LogP contribution is 2.11. The molecule has 2 rings (SSSR count). The molecule has 0 radical (unpaired) electrons. The number of hydrogen-bond donors (Lipinski definition) is 2. The summed E-state index contributed by atoms with van der Waals surface area (Å²) in [6, 6.07) is 1.99. The molecule has 0 fully saturated rings. The van der Waals surface area contributed by atoms with E-state index in [1.54, 1.807) is 19.6 Å². The fourth-order valence-electron chi connectivity index (χ4n) is 1.45. The number of aromatic nitrogens is 3. The van der Waals surface area contributed by atoms with Gasteiger partial charge in [0, 0.05) is 26.4 Å². The SMILES string of the molecule is COCCNCc1ccnc2nc[nH]c12. The Bertz CT molecular complexity index is 426. The van der Waals surface area contributed by atoms with E-state index in [2.05, 4.69) is 20.3 Å². The zero-order valence-electron chi connectivity index (χ0n) is 8.66. The van der Waals surface area contributed by atoms with E-state index < -0.39 is 0 Å². The van der Waals surface area contributed by atoms with Crippen molar-refractivity contribution in [2.24, 2.45) is 0 Å². The third-order valence-electron chi connectivity index (χ3n) is 2.21. The Labute approximate surface area is 87.9 Å². The number of ether oxygens (including phenoxy) is 1. The fraction of sp³-hybridized carbons (Fsp3) is 0.400. The summed E-state index contributed by atoms with van der Waals surface area (Å²) in [4.78, 5) is 11.3. The number of nitrogens with one attached hydrogen (secondary N) is 2.